The lowest BCUT2D eigenvalue weighted by Crippen LogP contribution is -2.53. The average molecular weight is 415 g/mol. The molecule has 3 heterocycles. The maximum Gasteiger partial charge on any atom is 0.236 e. The van der Waals surface area contributed by atoms with Gasteiger partial charge in [0.25, 0.3) is 0 Å². The van der Waals surface area contributed by atoms with Crippen molar-refractivity contribution in [3.63, 3.8) is 0 Å². The number of carbonyl (C=O) groups is 1. The third-order valence-corrected chi connectivity index (χ3v) is 5.82. The normalized spacial score (nSPS) is 18.8. The SMILES string of the molecule is O=C(CN1CCN(c2ncccn2)CC1)N1CCN(Cc2cccc(Cl)c2)CC1. The summed E-state index contributed by atoms with van der Waals surface area (Å²) in [6, 6.07) is 9.82. The molecule has 0 N–H and O–H groups in total. The first-order valence-corrected chi connectivity index (χ1v) is 10.5. The highest BCUT2D eigenvalue weighted by Crippen LogP contribution is 2.14. The van der Waals surface area contributed by atoms with Gasteiger partial charge in [-0.2, -0.15) is 0 Å². The lowest BCUT2D eigenvalue weighted by molar-refractivity contribution is -0.134. The first-order chi connectivity index (χ1) is 14.2. The summed E-state index contributed by atoms with van der Waals surface area (Å²) >= 11 is 6.08. The van der Waals surface area contributed by atoms with Crippen molar-refractivity contribution in [1.82, 2.24) is 24.7 Å². The first kappa shape index (κ1) is 20.1. The van der Waals surface area contributed by atoms with Gasteiger partial charge in [0.2, 0.25) is 11.9 Å². The second-order valence-electron chi connectivity index (χ2n) is 7.60. The molecule has 8 heteroatoms. The van der Waals surface area contributed by atoms with Crippen LogP contribution in [0.15, 0.2) is 42.7 Å². The number of rotatable bonds is 5. The van der Waals surface area contributed by atoms with Crippen LogP contribution < -0.4 is 4.90 Å². The molecule has 1 amide bonds. The zero-order valence-electron chi connectivity index (χ0n) is 16.6. The van der Waals surface area contributed by atoms with Crippen molar-refractivity contribution in [3.8, 4) is 0 Å². The van der Waals surface area contributed by atoms with Gasteiger partial charge in [-0.05, 0) is 23.8 Å². The van der Waals surface area contributed by atoms with E-state index in [1.807, 2.05) is 29.2 Å². The lowest BCUT2D eigenvalue weighted by atomic mass is 10.2. The summed E-state index contributed by atoms with van der Waals surface area (Å²) in [5, 5.41) is 0.773. The summed E-state index contributed by atoms with van der Waals surface area (Å²) < 4.78 is 0. The standard InChI is InChI=1S/C21H27ClN6O/c22-19-4-1-3-18(15-19)16-25-7-11-27(12-8-25)20(29)17-26-9-13-28(14-10-26)21-23-5-2-6-24-21/h1-6,15H,7-14,16-17H2. The van der Waals surface area contributed by atoms with Gasteiger partial charge in [0, 0.05) is 76.3 Å². The van der Waals surface area contributed by atoms with Gasteiger partial charge in [0.05, 0.1) is 6.54 Å². The fourth-order valence-electron chi connectivity index (χ4n) is 3.90. The summed E-state index contributed by atoms with van der Waals surface area (Å²) in [5.74, 6) is 1.01. The van der Waals surface area contributed by atoms with Gasteiger partial charge in [0.1, 0.15) is 0 Å². The van der Waals surface area contributed by atoms with Crippen LogP contribution in [0.2, 0.25) is 5.02 Å². The largest absolute Gasteiger partial charge is 0.339 e. The number of piperazine rings is 2. The van der Waals surface area contributed by atoms with Crippen molar-refractivity contribution in [2.24, 2.45) is 0 Å². The predicted molar refractivity (Wildman–Crippen MR) is 114 cm³/mol. The molecule has 2 saturated heterocycles. The van der Waals surface area contributed by atoms with Crippen LogP contribution in [0.5, 0.6) is 0 Å². The summed E-state index contributed by atoms with van der Waals surface area (Å²) in [4.78, 5) is 30.2. The minimum absolute atomic E-state index is 0.233. The zero-order valence-corrected chi connectivity index (χ0v) is 17.3. The van der Waals surface area contributed by atoms with E-state index < -0.39 is 0 Å². The Labute approximate surface area is 176 Å². The van der Waals surface area contributed by atoms with E-state index in [4.69, 9.17) is 11.6 Å². The van der Waals surface area contributed by atoms with Gasteiger partial charge >= 0.3 is 0 Å². The number of nitrogens with zero attached hydrogens (tertiary/aromatic N) is 6. The fourth-order valence-corrected chi connectivity index (χ4v) is 4.11. The second-order valence-corrected chi connectivity index (χ2v) is 8.04. The monoisotopic (exact) mass is 414 g/mol. The van der Waals surface area contributed by atoms with E-state index >= 15 is 0 Å². The van der Waals surface area contributed by atoms with E-state index in [2.05, 4.69) is 30.7 Å². The molecule has 4 rings (SSSR count). The van der Waals surface area contributed by atoms with Crippen molar-refractivity contribution >= 4 is 23.5 Å². The van der Waals surface area contributed by atoms with Crippen LogP contribution in [-0.4, -0.2) is 89.5 Å². The van der Waals surface area contributed by atoms with E-state index in [1.54, 1.807) is 12.4 Å². The third-order valence-electron chi connectivity index (χ3n) is 5.59. The molecular weight excluding hydrogens is 388 g/mol. The van der Waals surface area contributed by atoms with E-state index in [9.17, 15) is 4.79 Å². The number of anilines is 1. The molecule has 0 radical (unpaired) electrons. The number of hydrogen-bond donors (Lipinski definition) is 0. The van der Waals surface area contributed by atoms with Crippen molar-refractivity contribution in [3.05, 3.63) is 53.3 Å². The number of carbonyl (C=O) groups excluding carboxylic acids is 1. The number of amides is 1. The van der Waals surface area contributed by atoms with Crippen LogP contribution >= 0.6 is 11.6 Å². The van der Waals surface area contributed by atoms with Gasteiger partial charge < -0.3 is 9.80 Å². The Bertz CT molecular complexity index is 804. The Hall–Kier alpha value is -2.22. The molecule has 0 atom stereocenters. The van der Waals surface area contributed by atoms with Crippen LogP contribution in [-0.2, 0) is 11.3 Å². The smallest absolute Gasteiger partial charge is 0.236 e. The number of halogens is 1. The highest BCUT2D eigenvalue weighted by Gasteiger charge is 2.25. The van der Waals surface area contributed by atoms with Crippen LogP contribution in [0.4, 0.5) is 5.95 Å². The Kier molecular flexibility index (Phi) is 6.59. The molecule has 7 nitrogen and oxygen atoms in total. The molecule has 0 bridgehead atoms. The molecule has 2 aromatic rings. The molecule has 154 valence electrons. The number of aromatic nitrogens is 2. The van der Waals surface area contributed by atoms with E-state index in [-0.39, 0.29) is 5.91 Å². The molecule has 1 aromatic carbocycles. The van der Waals surface area contributed by atoms with Crippen LogP contribution in [0.3, 0.4) is 0 Å². The summed E-state index contributed by atoms with van der Waals surface area (Å²) in [6.45, 7) is 8.18. The van der Waals surface area contributed by atoms with Crippen LogP contribution in [0, 0.1) is 0 Å². The maximum absolute atomic E-state index is 12.7. The predicted octanol–water partition coefficient (Wildman–Crippen LogP) is 1.60. The molecule has 1 aromatic heterocycles. The third kappa shape index (κ3) is 5.44. The van der Waals surface area contributed by atoms with Crippen LogP contribution in [0.1, 0.15) is 5.56 Å². The van der Waals surface area contributed by atoms with Gasteiger partial charge in [-0.25, -0.2) is 9.97 Å². The Morgan fingerprint density at radius 3 is 2.28 bits per heavy atom. The molecule has 29 heavy (non-hydrogen) atoms. The van der Waals surface area contributed by atoms with Gasteiger partial charge in [-0.1, -0.05) is 23.7 Å². The van der Waals surface area contributed by atoms with Gasteiger partial charge in [-0.15, -0.1) is 0 Å². The quantitative estimate of drug-likeness (QED) is 0.740. The molecule has 2 fully saturated rings. The lowest BCUT2D eigenvalue weighted by Gasteiger charge is -2.38. The van der Waals surface area contributed by atoms with Crippen molar-refractivity contribution < 1.29 is 4.79 Å². The van der Waals surface area contributed by atoms with Crippen molar-refractivity contribution in [2.75, 3.05) is 63.8 Å². The zero-order chi connectivity index (χ0) is 20.1. The Balaban J connectivity index is 1.19. The summed E-state index contributed by atoms with van der Waals surface area (Å²) in [6.07, 6.45) is 3.54. The summed E-state index contributed by atoms with van der Waals surface area (Å²) in [7, 11) is 0. The summed E-state index contributed by atoms with van der Waals surface area (Å²) in [5.41, 5.74) is 1.22. The highest BCUT2D eigenvalue weighted by atomic mass is 35.5. The van der Waals surface area contributed by atoms with E-state index in [1.165, 1.54) is 5.56 Å². The van der Waals surface area contributed by atoms with E-state index in [0.29, 0.717) is 6.54 Å². The molecule has 0 unspecified atom stereocenters. The minimum Gasteiger partial charge on any atom is -0.339 e. The molecule has 0 saturated carbocycles. The fraction of sp³-hybridized carbons (Fsp3) is 0.476. The molecule has 2 aliphatic rings. The van der Waals surface area contributed by atoms with Gasteiger partial charge in [0.15, 0.2) is 0 Å². The topological polar surface area (TPSA) is 55.8 Å². The highest BCUT2D eigenvalue weighted by molar-refractivity contribution is 6.30. The molecule has 0 aliphatic carbocycles. The number of benzene rings is 1. The maximum atomic E-state index is 12.7. The molecular formula is C21H27ClN6O. The average Bonchev–Trinajstić information content (AvgIpc) is 2.75. The second kappa shape index (κ2) is 9.52. The number of hydrogen-bond acceptors (Lipinski definition) is 6. The first-order valence-electron chi connectivity index (χ1n) is 10.2. The minimum atomic E-state index is 0.233. The van der Waals surface area contributed by atoms with Crippen molar-refractivity contribution in [2.45, 2.75) is 6.54 Å². The van der Waals surface area contributed by atoms with E-state index in [0.717, 1.165) is 69.9 Å². The molecule has 2 aliphatic heterocycles. The van der Waals surface area contributed by atoms with Crippen LogP contribution in [0.25, 0.3) is 0 Å². The van der Waals surface area contributed by atoms with Crippen molar-refractivity contribution in [1.29, 1.82) is 0 Å². The van der Waals surface area contributed by atoms with Gasteiger partial charge in [-0.3, -0.25) is 14.6 Å². The Morgan fingerprint density at radius 1 is 0.897 bits per heavy atom. The molecule has 0 spiro atoms. The Morgan fingerprint density at radius 2 is 1.59 bits per heavy atom.